The van der Waals surface area contributed by atoms with Crippen molar-refractivity contribution in [1.29, 1.82) is 0 Å². The Hall–Kier alpha value is -0.900. The number of nitrogens with two attached hydrogens (primary N) is 1. The molecule has 3 N–H and O–H groups in total. The first-order valence-corrected chi connectivity index (χ1v) is 4.89. The molecule has 4 nitrogen and oxygen atoms in total. The van der Waals surface area contributed by atoms with Crippen LogP contribution in [-0.2, 0) is 6.42 Å². The van der Waals surface area contributed by atoms with E-state index < -0.39 is 0 Å². The third kappa shape index (κ3) is 1.88. The zero-order chi connectivity index (χ0) is 9.26. The van der Waals surface area contributed by atoms with E-state index in [1.807, 2.05) is 6.92 Å². The first-order chi connectivity index (χ1) is 6.25. The fourth-order valence-corrected chi connectivity index (χ4v) is 2.03. The molecule has 1 aliphatic carbocycles. The number of aromatic nitrogens is 3. The maximum Gasteiger partial charge on any atom is 0.151 e. The third-order valence-electron chi connectivity index (χ3n) is 2.81. The number of hydrogen-bond donors (Lipinski definition) is 2. The Morgan fingerprint density at radius 1 is 1.54 bits per heavy atom. The topological polar surface area (TPSA) is 67.6 Å². The minimum Gasteiger partial charge on any atom is -0.327 e. The van der Waals surface area contributed by atoms with Gasteiger partial charge in [-0.15, -0.1) is 0 Å². The molecule has 0 saturated heterocycles. The van der Waals surface area contributed by atoms with E-state index in [1.54, 1.807) is 0 Å². The summed E-state index contributed by atoms with van der Waals surface area (Å²) in [6.45, 7) is 1.92. The van der Waals surface area contributed by atoms with E-state index in [2.05, 4.69) is 15.2 Å². The Bertz CT molecular complexity index is 281. The fraction of sp³-hybridized carbons (Fsp3) is 0.778. The summed E-state index contributed by atoms with van der Waals surface area (Å²) in [5, 5.41) is 6.98. The van der Waals surface area contributed by atoms with Crippen LogP contribution in [0.15, 0.2) is 0 Å². The summed E-state index contributed by atoms with van der Waals surface area (Å²) in [7, 11) is 0. The molecule has 0 aliphatic heterocycles. The average Bonchev–Trinajstić information content (AvgIpc) is 2.64. The summed E-state index contributed by atoms with van der Waals surface area (Å²) in [5.74, 6) is 2.40. The number of aromatic amines is 1. The first kappa shape index (κ1) is 8.69. The molecule has 2 atom stereocenters. The Kier molecular flexibility index (Phi) is 2.31. The fourth-order valence-electron chi connectivity index (χ4n) is 2.03. The molecule has 1 saturated carbocycles. The van der Waals surface area contributed by atoms with Crippen molar-refractivity contribution in [2.45, 2.75) is 38.6 Å². The van der Waals surface area contributed by atoms with Gasteiger partial charge in [-0.3, -0.25) is 5.10 Å². The highest BCUT2D eigenvalue weighted by Crippen LogP contribution is 2.26. The van der Waals surface area contributed by atoms with Gasteiger partial charge < -0.3 is 5.73 Å². The van der Waals surface area contributed by atoms with E-state index in [-0.39, 0.29) is 0 Å². The number of H-pyrrole nitrogens is 1. The van der Waals surface area contributed by atoms with Crippen LogP contribution in [0.5, 0.6) is 0 Å². The average molecular weight is 180 g/mol. The number of nitrogens with one attached hydrogen (secondary N) is 1. The van der Waals surface area contributed by atoms with Gasteiger partial charge in [0.1, 0.15) is 5.82 Å². The summed E-state index contributed by atoms with van der Waals surface area (Å²) < 4.78 is 0. The van der Waals surface area contributed by atoms with Crippen LogP contribution in [0.4, 0.5) is 0 Å². The normalized spacial score (nSPS) is 28.2. The van der Waals surface area contributed by atoms with Crippen molar-refractivity contribution in [1.82, 2.24) is 15.2 Å². The largest absolute Gasteiger partial charge is 0.327 e. The van der Waals surface area contributed by atoms with E-state index in [1.165, 1.54) is 12.8 Å². The lowest BCUT2D eigenvalue weighted by Crippen LogP contribution is -2.26. The monoisotopic (exact) mass is 180 g/mol. The predicted octanol–water partition coefficient (Wildman–Crippen LogP) is 0.783. The van der Waals surface area contributed by atoms with E-state index in [0.717, 1.165) is 24.5 Å². The van der Waals surface area contributed by atoms with E-state index in [9.17, 15) is 0 Å². The van der Waals surface area contributed by atoms with Crippen molar-refractivity contribution in [3.63, 3.8) is 0 Å². The van der Waals surface area contributed by atoms with Gasteiger partial charge in [0, 0.05) is 12.5 Å². The summed E-state index contributed by atoms with van der Waals surface area (Å²) in [4.78, 5) is 4.29. The quantitative estimate of drug-likeness (QED) is 0.706. The predicted molar refractivity (Wildman–Crippen MR) is 50.1 cm³/mol. The van der Waals surface area contributed by atoms with Gasteiger partial charge in [-0.1, -0.05) is 6.42 Å². The lowest BCUT2D eigenvalue weighted by molar-refractivity contribution is 0.468. The van der Waals surface area contributed by atoms with Crippen LogP contribution < -0.4 is 5.73 Å². The summed E-state index contributed by atoms with van der Waals surface area (Å²) in [6.07, 6.45) is 4.59. The number of aryl methyl sites for hydroxylation is 1. The molecule has 1 aromatic rings. The van der Waals surface area contributed by atoms with E-state index >= 15 is 0 Å². The van der Waals surface area contributed by atoms with Crippen LogP contribution in [0.1, 0.15) is 30.9 Å². The van der Waals surface area contributed by atoms with Crippen molar-refractivity contribution < 1.29 is 0 Å². The minimum absolute atomic E-state index is 0.360. The summed E-state index contributed by atoms with van der Waals surface area (Å²) in [5.41, 5.74) is 5.97. The number of nitrogens with zero attached hydrogens (tertiary/aromatic N) is 2. The van der Waals surface area contributed by atoms with Crippen molar-refractivity contribution in [2.75, 3.05) is 0 Å². The molecule has 1 aromatic heterocycles. The van der Waals surface area contributed by atoms with Crippen LogP contribution >= 0.6 is 0 Å². The van der Waals surface area contributed by atoms with E-state index in [4.69, 9.17) is 5.73 Å². The Morgan fingerprint density at radius 3 is 2.92 bits per heavy atom. The maximum absolute atomic E-state index is 5.97. The van der Waals surface area contributed by atoms with Crippen molar-refractivity contribution >= 4 is 0 Å². The van der Waals surface area contributed by atoms with Gasteiger partial charge in [0.2, 0.25) is 0 Å². The second-order valence-electron chi connectivity index (χ2n) is 3.90. The smallest absolute Gasteiger partial charge is 0.151 e. The van der Waals surface area contributed by atoms with Crippen LogP contribution in [0.2, 0.25) is 0 Å². The highest BCUT2D eigenvalue weighted by atomic mass is 15.2. The number of hydrogen-bond acceptors (Lipinski definition) is 3. The van der Waals surface area contributed by atoms with Crippen LogP contribution in [-0.4, -0.2) is 21.2 Å². The van der Waals surface area contributed by atoms with Gasteiger partial charge in [-0.2, -0.15) is 5.10 Å². The van der Waals surface area contributed by atoms with Gasteiger partial charge in [0.25, 0.3) is 0 Å². The van der Waals surface area contributed by atoms with Gasteiger partial charge >= 0.3 is 0 Å². The van der Waals surface area contributed by atoms with E-state index in [0.29, 0.717) is 12.0 Å². The minimum atomic E-state index is 0.360. The molecular weight excluding hydrogens is 164 g/mol. The maximum atomic E-state index is 5.97. The zero-order valence-electron chi connectivity index (χ0n) is 7.95. The molecule has 0 unspecified atom stereocenters. The Morgan fingerprint density at radius 2 is 2.38 bits per heavy atom. The molecule has 1 aliphatic rings. The lowest BCUT2D eigenvalue weighted by Gasteiger charge is -2.12. The van der Waals surface area contributed by atoms with Gasteiger partial charge in [-0.25, -0.2) is 4.98 Å². The Labute approximate surface area is 77.9 Å². The molecular formula is C9H16N4. The summed E-state index contributed by atoms with van der Waals surface area (Å²) >= 11 is 0. The standard InChI is InChI=1S/C9H16N4/c1-6-11-9(13-12-6)5-7-3-2-4-8(7)10/h7-8H,2-5,10H2,1H3,(H,11,12,13)/t7-,8+/m0/s1. The molecule has 0 aromatic carbocycles. The van der Waals surface area contributed by atoms with Crippen molar-refractivity contribution in [2.24, 2.45) is 11.7 Å². The van der Waals surface area contributed by atoms with Crippen LogP contribution in [0.25, 0.3) is 0 Å². The molecule has 0 amide bonds. The molecule has 1 fully saturated rings. The first-order valence-electron chi connectivity index (χ1n) is 4.89. The molecule has 2 rings (SSSR count). The summed E-state index contributed by atoms with van der Waals surface area (Å²) in [6, 6.07) is 0.360. The molecule has 4 heteroatoms. The SMILES string of the molecule is Cc1nc(C[C@@H]2CCC[C@H]2N)n[nH]1. The molecule has 0 bridgehead atoms. The molecule has 0 radical (unpaired) electrons. The van der Waals surface area contributed by atoms with Gasteiger partial charge in [-0.05, 0) is 25.7 Å². The second kappa shape index (κ2) is 3.46. The molecule has 72 valence electrons. The lowest BCUT2D eigenvalue weighted by atomic mass is 10.0. The Balaban J connectivity index is 1.97. The molecule has 1 heterocycles. The number of rotatable bonds is 2. The van der Waals surface area contributed by atoms with Crippen molar-refractivity contribution in [3.8, 4) is 0 Å². The molecule has 13 heavy (non-hydrogen) atoms. The van der Waals surface area contributed by atoms with Crippen LogP contribution in [0.3, 0.4) is 0 Å². The third-order valence-corrected chi connectivity index (χ3v) is 2.81. The molecule has 0 spiro atoms. The van der Waals surface area contributed by atoms with Crippen LogP contribution in [0, 0.1) is 12.8 Å². The highest BCUT2D eigenvalue weighted by molar-refractivity contribution is 4.93. The van der Waals surface area contributed by atoms with Crippen molar-refractivity contribution in [3.05, 3.63) is 11.6 Å². The zero-order valence-corrected chi connectivity index (χ0v) is 7.95. The second-order valence-corrected chi connectivity index (χ2v) is 3.90. The van der Waals surface area contributed by atoms with Gasteiger partial charge in [0.15, 0.2) is 5.82 Å². The highest BCUT2D eigenvalue weighted by Gasteiger charge is 2.25. The van der Waals surface area contributed by atoms with Gasteiger partial charge in [0.05, 0.1) is 0 Å².